The number of hydrogen-bond acceptors (Lipinski definition) is 3. The Labute approximate surface area is 114 Å². The summed E-state index contributed by atoms with van der Waals surface area (Å²) in [6.45, 7) is 4.40. The molecule has 1 atom stereocenters. The molecule has 1 fully saturated rings. The Morgan fingerprint density at radius 2 is 2.32 bits per heavy atom. The maximum absolute atomic E-state index is 5.80. The summed E-state index contributed by atoms with van der Waals surface area (Å²) >= 11 is 0. The first-order valence-corrected chi connectivity index (χ1v) is 7.24. The molecule has 2 aromatic rings. The Balaban J connectivity index is 1.80. The summed E-state index contributed by atoms with van der Waals surface area (Å²) in [7, 11) is 0. The van der Waals surface area contributed by atoms with E-state index in [9.17, 15) is 0 Å². The van der Waals surface area contributed by atoms with E-state index in [0.717, 1.165) is 29.1 Å². The van der Waals surface area contributed by atoms with Crippen LogP contribution in [0, 0.1) is 0 Å². The molecule has 1 aromatic heterocycles. The van der Waals surface area contributed by atoms with Crippen LogP contribution in [-0.2, 0) is 6.54 Å². The molecular formula is C15H22N4. The number of piperidine rings is 1. The number of nitrogen functional groups attached to an aromatic ring is 1. The average Bonchev–Trinajstić information content (AvgIpc) is 2.80. The summed E-state index contributed by atoms with van der Waals surface area (Å²) < 4.78 is 0. The van der Waals surface area contributed by atoms with Gasteiger partial charge in [-0.1, -0.05) is 13.3 Å². The zero-order valence-corrected chi connectivity index (χ0v) is 11.5. The predicted octanol–water partition coefficient (Wildman–Crippen LogP) is 2.91. The Morgan fingerprint density at radius 1 is 1.42 bits per heavy atom. The van der Waals surface area contributed by atoms with Crippen molar-refractivity contribution in [3.05, 3.63) is 24.0 Å². The van der Waals surface area contributed by atoms with Gasteiger partial charge in [0.25, 0.3) is 0 Å². The molecule has 1 unspecified atom stereocenters. The number of nitrogens with one attached hydrogen (secondary N) is 1. The second-order valence-corrected chi connectivity index (χ2v) is 5.49. The fraction of sp³-hybridized carbons (Fsp3) is 0.533. The number of aromatic amines is 1. The monoisotopic (exact) mass is 258 g/mol. The van der Waals surface area contributed by atoms with Gasteiger partial charge in [0.2, 0.25) is 0 Å². The lowest BCUT2D eigenvalue weighted by molar-refractivity contribution is 0.133. The number of nitrogens with zero attached hydrogens (tertiary/aromatic N) is 2. The van der Waals surface area contributed by atoms with E-state index in [1.54, 1.807) is 0 Å². The Morgan fingerprint density at radius 3 is 3.16 bits per heavy atom. The maximum Gasteiger partial charge on any atom is 0.121 e. The van der Waals surface area contributed by atoms with Gasteiger partial charge in [-0.2, -0.15) is 0 Å². The number of rotatable bonds is 3. The minimum atomic E-state index is 0.715. The van der Waals surface area contributed by atoms with Gasteiger partial charge >= 0.3 is 0 Å². The van der Waals surface area contributed by atoms with Gasteiger partial charge in [-0.3, -0.25) is 4.90 Å². The number of likely N-dealkylation sites (tertiary alicyclic amines) is 1. The van der Waals surface area contributed by atoms with Crippen LogP contribution in [0.2, 0.25) is 0 Å². The highest BCUT2D eigenvalue weighted by Gasteiger charge is 2.21. The molecule has 4 heteroatoms. The zero-order chi connectivity index (χ0) is 13.2. The summed E-state index contributed by atoms with van der Waals surface area (Å²) in [5.41, 5.74) is 8.64. The largest absolute Gasteiger partial charge is 0.399 e. The van der Waals surface area contributed by atoms with E-state index in [1.807, 2.05) is 18.2 Å². The summed E-state index contributed by atoms with van der Waals surface area (Å²) in [6.07, 6.45) is 5.23. The van der Waals surface area contributed by atoms with E-state index in [2.05, 4.69) is 21.8 Å². The van der Waals surface area contributed by atoms with Crippen LogP contribution in [0.5, 0.6) is 0 Å². The van der Waals surface area contributed by atoms with Crippen molar-refractivity contribution < 1.29 is 0 Å². The lowest BCUT2D eigenvalue weighted by Crippen LogP contribution is -2.38. The van der Waals surface area contributed by atoms with Crippen molar-refractivity contribution in [1.29, 1.82) is 0 Å². The van der Waals surface area contributed by atoms with E-state index >= 15 is 0 Å². The number of benzene rings is 1. The van der Waals surface area contributed by atoms with Gasteiger partial charge in [0.05, 0.1) is 17.6 Å². The van der Waals surface area contributed by atoms with Gasteiger partial charge in [-0.25, -0.2) is 4.98 Å². The molecule has 1 aliphatic heterocycles. The number of hydrogen-bond donors (Lipinski definition) is 2. The van der Waals surface area contributed by atoms with E-state index < -0.39 is 0 Å². The highest BCUT2D eigenvalue weighted by atomic mass is 15.2. The second kappa shape index (κ2) is 5.21. The van der Waals surface area contributed by atoms with E-state index in [1.165, 1.54) is 32.2 Å². The van der Waals surface area contributed by atoms with Gasteiger partial charge in [0.15, 0.2) is 0 Å². The van der Waals surface area contributed by atoms with Gasteiger partial charge in [0.1, 0.15) is 5.82 Å². The van der Waals surface area contributed by atoms with Crippen LogP contribution >= 0.6 is 0 Å². The SMILES string of the molecule is CCC1CCCCN1Cc1nc2ccc(N)cc2[nH]1. The summed E-state index contributed by atoms with van der Waals surface area (Å²) in [5, 5.41) is 0. The maximum atomic E-state index is 5.80. The van der Waals surface area contributed by atoms with Crippen molar-refractivity contribution in [3.63, 3.8) is 0 Å². The fourth-order valence-corrected chi connectivity index (χ4v) is 3.08. The normalized spacial score (nSPS) is 21.0. The van der Waals surface area contributed by atoms with Crippen LogP contribution in [0.3, 0.4) is 0 Å². The minimum Gasteiger partial charge on any atom is -0.399 e. The molecule has 0 saturated carbocycles. The molecule has 102 valence electrons. The van der Waals surface area contributed by atoms with E-state index in [-0.39, 0.29) is 0 Å². The van der Waals surface area contributed by atoms with Gasteiger partial charge in [-0.05, 0) is 44.0 Å². The molecular weight excluding hydrogens is 236 g/mol. The quantitative estimate of drug-likeness (QED) is 0.832. The van der Waals surface area contributed by atoms with Crippen molar-refractivity contribution in [1.82, 2.24) is 14.9 Å². The smallest absolute Gasteiger partial charge is 0.121 e. The first-order valence-electron chi connectivity index (χ1n) is 7.24. The molecule has 0 spiro atoms. The Hall–Kier alpha value is -1.55. The van der Waals surface area contributed by atoms with Crippen molar-refractivity contribution >= 4 is 16.7 Å². The third-order valence-electron chi connectivity index (χ3n) is 4.13. The first kappa shape index (κ1) is 12.5. The van der Waals surface area contributed by atoms with Crippen molar-refractivity contribution in [2.24, 2.45) is 0 Å². The Bertz CT molecular complexity index is 560. The highest BCUT2D eigenvalue weighted by Crippen LogP contribution is 2.22. The number of anilines is 1. The molecule has 1 aromatic carbocycles. The molecule has 2 heterocycles. The highest BCUT2D eigenvalue weighted by molar-refractivity contribution is 5.78. The van der Waals surface area contributed by atoms with Crippen LogP contribution in [0.1, 0.15) is 38.4 Å². The van der Waals surface area contributed by atoms with Crippen LogP contribution in [-0.4, -0.2) is 27.5 Å². The number of fused-ring (bicyclic) bond motifs is 1. The fourth-order valence-electron chi connectivity index (χ4n) is 3.08. The average molecular weight is 258 g/mol. The molecule has 3 N–H and O–H groups in total. The van der Waals surface area contributed by atoms with E-state index in [4.69, 9.17) is 5.73 Å². The van der Waals surface area contributed by atoms with Gasteiger partial charge in [-0.15, -0.1) is 0 Å². The summed E-state index contributed by atoms with van der Waals surface area (Å²) in [6, 6.07) is 6.56. The number of H-pyrrole nitrogens is 1. The lowest BCUT2D eigenvalue weighted by Gasteiger charge is -2.34. The van der Waals surface area contributed by atoms with Crippen LogP contribution < -0.4 is 5.73 Å². The van der Waals surface area contributed by atoms with Crippen LogP contribution in [0.15, 0.2) is 18.2 Å². The molecule has 0 bridgehead atoms. The number of aromatic nitrogens is 2. The molecule has 0 amide bonds. The van der Waals surface area contributed by atoms with Crippen LogP contribution in [0.25, 0.3) is 11.0 Å². The summed E-state index contributed by atoms with van der Waals surface area (Å²) in [4.78, 5) is 10.6. The molecule has 1 saturated heterocycles. The number of nitrogens with two attached hydrogens (primary N) is 1. The second-order valence-electron chi connectivity index (χ2n) is 5.49. The number of imidazole rings is 1. The standard InChI is InChI=1S/C15H22N4/c1-2-12-5-3-4-8-19(12)10-15-17-13-7-6-11(16)9-14(13)18-15/h6-7,9,12H,2-5,8,10,16H2,1H3,(H,17,18). The molecule has 0 aliphatic carbocycles. The van der Waals surface area contributed by atoms with Crippen LogP contribution in [0.4, 0.5) is 5.69 Å². The first-order chi connectivity index (χ1) is 9.26. The van der Waals surface area contributed by atoms with Gasteiger partial charge in [0, 0.05) is 11.7 Å². The molecule has 19 heavy (non-hydrogen) atoms. The third-order valence-corrected chi connectivity index (χ3v) is 4.13. The minimum absolute atomic E-state index is 0.715. The van der Waals surface area contributed by atoms with E-state index in [0.29, 0.717) is 6.04 Å². The van der Waals surface area contributed by atoms with Gasteiger partial charge < -0.3 is 10.7 Å². The third kappa shape index (κ3) is 2.59. The van der Waals surface area contributed by atoms with Crippen molar-refractivity contribution in [2.75, 3.05) is 12.3 Å². The predicted molar refractivity (Wildman–Crippen MR) is 78.8 cm³/mol. The molecule has 0 radical (unpaired) electrons. The van der Waals surface area contributed by atoms with Crippen molar-refractivity contribution in [2.45, 2.75) is 45.2 Å². The molecule has 4 nitrogen and oxygen atoms in total. The molecule has 3 rings (SSSR count). The Kier molecular flexibility index (Phi) is 3.42. The zero-order valence-electron chi connectivity index (χ0n) is 11.5. The molecule has 1 aliphatic rings. The van der Waals surface area contributed by atoms with Crippen molar-refractivity contribution in [3.8, 4) is 0 Å². The summed E-state index contributed by atoms with van der Waals surface area (Å²) in [5.74, 6) is 1.06. The lowest BCUT2D eigenvalue weighted by atomic mass is 10.0. The topological polar surface area (TPSA) is 57.9 Å².